The number of pyridine rings is 1. The Bertz CT molecular complexity index is 924. The van der Waals surface area contributed by atoms with Crippen molar-refractivity contribution in [1.82, 2.24) is 24.9 Å². The lowest BCUT2D eigenvalue weighted by Crippen LogP contribution is -2.30. The molecule has 0 aliphatic carbocycles. The number of hydrogen-bond acceptors (Lipinski definition) is 6. The molecule has 0 bridgehead atoms. The van der Waals surface area contributed by atoms with Crippen LogP contribution in [0.1, 0.15) is 10.4 Å². The van der Waals surface area contributed by atoms with E-state index < -0.39 is 15.9 Å². The number of nitrogens with one attached hydrogen (secondary N) is 2. The molecule has 23 heavy (non-hydrogen) atoms. The predicted octanol–water partition coefficient (Wildman–Crippen LogP) is 0.985. The van der Waals surface area contributed by atoms with E-state index in [1.165, 1.54) is 43.0 Å². The molecule has 0 saturated heterocycles. The number of hydrogen-bond donors (Lipinski definition) is 2. The first-order valence-corrected chi connectivity index (χ1v) is 7.97. The first kappa shape index (κ1) is 14.9. The lowest BCUT2D eigenvalue weighted by molar-refractivity contribution is 0.0981. The zero-order chi connectivity index (χ0) is 16.3. The summed E-state index contributed by atoms with van der Waals surface area (Å²) < 4.78 is 26.3. The minimum absolute atomic E-state index is 0.0836. The molecule has 2 heterocycles. The topological polar surface area (TPSA) is 118 Å². The fraction of sp³-hybridized carbons (Fsp3) is 0. The highest BCUT2D eigenvalue weighted by Gasteiger charge is 2.19. The van der Waals surface area contributed by atoms with Gasteiger partial charge in [0.05, 0.1) is 0 Å². The smallest absolute Gasteiger partial charge is 0.265 e. The number of aromatic amines is 1. The molecule has 9 heteroatoms. The molecule has 0 spiro atoms. The summed E-state index contributed by atoms with van der Waals surface area (Å²) in [5.41, 5.74) is 0.806. The van der Waals surface area contributed by atoms with Crippen molar-refractivity contribution in [3.05, 3.63) is 60.7 Å². The number of benzene rings is 1. The van der Waals surface area contributed by atoms with Crippen LogP contribution in [0.5, 0.6) is 0 Å². The van der Waals surface area contributed by atoms with Crippen LogP contribution in [0.25, 0.3) is 11.4 Å². The van der Waals surface area contributed by atoms with Crippen LogP contribution in [0.2, 0.25) is 0 Å². The lowest BCUT2D eigenvalue weighted by Gasteiger charge is -2.07. The average Bonchev–Trinajstić information content (AvgIpc) is 3.10. The Kier molecular flexibility index (Phi) is 3.85. The third-order valence-corrected chi connectivity index (χ3v) is 4.30. The second-order valence-corrected chi connectivity index (χ2v) is 6.22. The van der Waals surface area contributed by atoms with Crippen molar-refractivity contribution in [2.75, 3.05) is 0 Å². The molecule has 1 amide bonds. The summed E-state index contributed by atoms with van der Waals surface area (Å²) in [6.45, 7) is 0. The SMILES string of the molecule is O=C(NS(=O)(=O)c1cccnc1)c1cccc(-c2ncn[nH]2)c1. The number of amides is 1. The van der Waals surface area contributed by atoms with Crippen LogP contribution in [-0.4, -0.2) is 34.5 Å². The van der Waals surface area contributed by atoms with E-state index in [2.05, 4.69) is 20.2 Å². The number of sulfonamides is 1. The zero-order valence-electron chi connectivity index (χ0n) is 11.7. The van der Waals surface area contributed by atoms with Crippen molar-refractivity contribution in [3.8, 4) is 11.4 Å². The highest BCUT2D eigenvalue weighted by molar-refractivity contribution is 7.90. The molecule has 0 aliphatic rings. The van der Waals surface area contributed by atoms with Crippen LogP contribution in [0, 0.1) is 0 Å². The Morgan fingerprint density at radius 3 is 2.74 bits per heavy atom. The normalized spacial score (nSPS) is 11.1. The van der Waals surface area contributed by atoms with Crippen LogP contribution < -0.4 is 4.72 Å². The van der Waals surface area contributed by atoms with Crippen molar-refractivity contribution in [2.45, 2.75) is 4.90 Å². The molecule has 116 valence electrons. The maximum atomic E-state index is 12.2. The maximum absolute atomic E-state index is 12.2. The van der Waals surface area contributed by atoms with Gasteiger partial charge in [-0.25, -0.2) is 18.1 Å². The third kappa shape index (κ3) is 3.24. The van der Waals surface area contributed by atoms with Gasteiger partial charge < -0.3 is 0 Å². The number of aromatic nitrogens is 4. The Balaban J connectivity index is 1.86. The van der Waals surface area contributed by atoms with E-state index in [9.17, 15) is 13.2 Å². The predicted molar refractivity (Wildman–Crippen MR) is 80.7 cm³/mol. The van der Waals surface area contributed by atoms with Crippen molar-refractivity contribution < 1.29 is 13.2 Å². The second-order valence-electron chi connectivity index (χ2n) is 4.54. The molecule has 0 unspecified atom stereocenters. The summed E-state index contributed by atoms with van der Waals surface area (Å²) in [7, 11) is -3.97. The first-order valence-electron chi connectivity index (χ1n) is 6.49. The fourth-order valence-corrected chi connectivity index (χ4v) is 2.84. The fourth-order valence-electron chi connectivity index (χ4n) is 1.90. The molecule has 2 N–H and O–H groups in total. The molecular weight excluding hydrogens is 318 g/mol. The minimum Gasteiger partial charge on any atom is -0.268 e. The summed E-state index contributed by atoms with van der Waals surface area (Å²) in [4.78, 5) is 19.8. The second kappa shape index (κ2) is 5.97. The maximum Gasteiger partial charge on any atom is 0.265 e. The van der Waals surface area contributed by atoms with Crippen molar-refractivity contribution in [2.24, 2.45) is 0 Å². The Morgan fingerprint density at radius 1 is 1.17 bits per heavy atom. The van der Waals surface area contributed by atoms with E-state index in [0.717, 1.165) is 0 Å². The molecule has 3 rings (SSSR count). The van der Waals surface area contributed by atoms with E-state index >= 15 is 0 Å². The van der Waals surface area contributed by atoms with E-state index in [-0.39, 0.29) is 10.5 Å². The van der Waals surface area contributed by atoms with Gasteiger partial charge in [-0.1, -0.05) is 12.1 Å². The van der Waals surface area contributed by atoms with E-state index in [1.54, 1.807) is 12.1 Å². The Morgan fingerprint density at radius 2 is 2.04 bits per heavy atom. The lowest BCUT2D eigenvalue weighted by atomic mass is 10.1. The monoisotopic (exact) mass is 329 g/mol. The molecule has 0 fully saturated rings. The van der Waals surface area contributed by atoms with Gasteiger partial charge in [0, 0.05) is 23.5 Å². The zero-order valence-corrected chi connectivity index (χ0v) is 12.5. The van der Waals surface area contributed by atoms with Gasteiger partial charge in [0.25, 0.3) is 15.9 Å². The molecule has 8 nitrogen and oxygen atoms in total. The molecule has 0 aliphatic heterocycles. The number of nitrogens with zero attached hydrogens (tertiary/aromatic N) is 3. The van der Waals surface area contributed by atoms with Gasteiger partial charge >= 0.3 is 0 Å². The summed E-state index contributed by atoms with van der Waals surface area (Å²) >= 11 is 0. The quantitative estimate of drug-likeness (QED) is 0.737. The summed E-state index contributed by atoms with van der Waals surface area (Å²) in [5, 5.41) is 6.41. The van der Waals surface area contributed by atoms with E-state index in [1.807, 2.05) is 4.72 Å². The molecule has 0 radical (unpaired) electrons. The average molecular weight is 329 g/mol. The van der Waals surface area contributed by atoms with Crippen LogP contribution in [0.15, 0.2) is 60.0 Å². The highest BCUT2D eigenvalue weighted by atomic mass is 32.2. The molecule has 2 aromatic heterocycles. The first-order chi connectivity index (χ1) is 11.1. The molecule has 0 atom stereocenters. The van der Waals surface area contributed by atoms with Gasteiger partial charge in [-0.05, 0) is 24.3 Å². The molecule has 1 aromatic carbocycles. The Labute approximate surface area is 131 Å². The Hall–Kier alpha value is -3.07. The van der Waals surface area contributed by atoms with E-state index in [0.29, 0.717) is 11.4 Å². The van der Waals surface area contributed by atoms with Gasteiger partial charge in [0.1, 0.15) is 11.2 Å². The molecule has 3 aromatic rings. The number of H-pyrrole nitrogens is 1. The molecular formula is C14H11N5O3S. The summed E-state index contributed by atoms with van der Waals surface area (Å²) in [6.07, 6.45) is 3.96. The van der Waals surface area contributed by atoms with Crippen molar-refractivity contribution in [3.63, 3.8) is 0 Å². The van der Waals surface area contributed by atoms with Crippen molar-refractivity contribution >= 4 is 15.9 Å². The summed E-state index contributed by atoms with van der Waals surface area (Å²) in [6, 6.07) is 9.22. The number of carbonyl (C=O) groups excluding carboxylic acids is 1. The van der Waals surface area contributed by atoms with Gasteiger partial charge in [0.15, 0.2) is 5.82 Å². The molecule has 0 saturated carbocycles. The standard InChI is InChI=1S/C14H11N5O3S/c20-14(19-23(21,22)12-5-2-6-15-8-12)11-4-1-3-10(7-11)13-16-9-17-18-13/h1-9H,(H,19,20)(H,16,17,18). The van der Waals surface area contributed by atoms with Crippen LogP contribution in [0.3, 0.4) is 0 Å². The van der Waals surface area contributed by atoms with Gasteiger partial charge in [0.2, 0.25) is 0 Å². The largest absolute Gasteiger partial charge is 0.268 e. The van der Waals surface area contributed by atoms with Crippen LogP contribution >= 0.6 is 0 Å². The summed E-state index contributed by atoms with van der Waals surface area (Å²) in [5.74, 6) is -0.259. The minimum atomic E-state index is -3.97. The number of rotatable bonds is 4. The van der Waals surface area contributed by atoms with Gasteiger partial charge in [-0.3, -0.25) is 14.9 Å². The van der Waals surface area contributed by atoms with Crippen molar-refractivity contribution in [1.29, 1.82) is 0 Å². The van der Waals surface area contributed by atoms with Crippen LogP contribution in [-0.2, 0) is 10.0 Å². The third-order valence-electron chi connectivity index (χ3n) is 2.98. The highest BCUT2D eigenvalue weighted by Crippen LogP contribution is 2.16. The van der Waals surface area contributed by atoms with Crippen LogP contribution in [0.4, 0.5) is 0 Å². The van der Waals surface area contributed by atoms with Gasteiger partial charge in [-0.2, -0.15) is 5.10 Å². The van der Waals surface area contributed by atoms with Gasteiger partial charge in [-0.15, -0.1) is 0 Å². The number of carbonyl (C=O) groups is 1. The van der Waals surface area contributed by atoms with E-state index in [4.69, 9.17) is 0 Å².